The van der Waals surface area contributed by atoms with Crippen molar-refractivity contribution in [1.29, 1.82) is 0 Å². The summed E-state index contributed by atoms with van der Waals surface area (Å²) >= 11 is 3.43. The molecule has 3 aromatic heterocycles. The van der Waals surface area contributed by atoms with Gasteiger partial charge in [0.15, 0.2) is 0 Å². The van der Waals surface area contributed by atoms with Gasteiger partial charge in [-0.1, -0.05) is 52.3 Å². The van der Waals surface area contributed by atoms with Crippen LogP contribution in [0.25, 0.3) is 33.4 Å². The maximum Gasteiger partial charge on any atom is 0.315 e. The Kier molecular flexibility index (Phi) is 4.55. The van der Waals surface area contributed by atoms with Gasteiger partial charge in [-0.05, 0) is 36.4 Å². The molecular formula is C24H15BrN6O2. The van der Waals surface area contributed by atoms with Gasteiger partial charge in [0.25, 0.3) is 5.56 Å². The van der Waals surface area contributed by atoms with Gasteiger partial charge in [0.2, 0.25) is 11.9 Å². The average Bonchev–Trinajstić information content (AvgIpc) is 3.43. The molecule has 0 aliphatic heterocycles. The third-order valence-corrected chi connectivity index (χ3v) is 5.69. The van der Waals surface area contributed by atoms with E-state index in [0.29, 0.717) is 17.7 Å². The molecule has 0 amide bonds. The third-order valence-electron chi connectivity index (χ3n) is 5.16. The molecule has 0 bridgehead atoms. The highest BCUT2D eigenvalue weighted by atomic mass is 79.9. The van der Waals surface area contributed by atoms with E-state index in [1.54, 1.807) is 4.90 Å². The van der Waals surface area contributed by atoms with Gasteiger partial charge < -0.3 is 14.4 Å². The van der Waals surface area contributed by atoms with Gasteiger partial charge in [-0.2, -0.15) is 4.98 Å². The van der Waals surface area contributed by atoms with E-state index in [-0.39, 0.29) is 6.01 Å². The number of hydrogen-bond donors (Lipinski definition) is 2. The first kappa shape index (κ1) is 19.4. The first-order chi connectivity index (χ1) is 16.1. The lowest BCUT2D eigenvalue weighted by Gasteiger charge is -2.16. The zero-order valence-corrected chi connectivity index (χ0v) is 18.6. The Morgan fingerprint density at radius 2 is 1.33 bits per heavy atom. The molecule has 0 aliphatic rings. The first-order valence-corrected chi connectivity index (χ1v) is 10.9. The van der Waals surface area contributed by atoms with Crippen LogP contribution in [0.1, 0.15) is 0 Å². The maximum atomic E-state index is 12.6. The highest BCUT2D eigenvalue weighted by Gasteiger charge is 2.24. The number of hydrogen-bond acceptors (Lipinski definition) is 6. The van der Waals surface area contributed by atoms with E-state index in [9.17, 15) is 4.79 Å². The van der Waals surface area contributed by atoms with Crippen LogP contribution in [0.4, 0.5) is 17.9 Å². The van der Waals surface area contributed by atoms with E-state index in [1.807, 2.05) is 72.8 Å². The minimum atomic E-state index is -0.439. The van der Waals surface area contributed by atoms with Gasteiger partial charge in [-0.3, -0.25) is 4.79 Å². The van der Waals surface area contributed by atoms with Crippen molar-refractivity contribution in [2.45, 2.75) is 0 Å². The second-order valence-electron chi connectivity index (χ2n) is 7.34. The van der Waals surface area contributed by atoms with Crippen LogP contribution in [0, 0.1) is 0 Å². The standard InChI is InChI=1S/C24H15BrN6O2/c25-15-11-9-14(10-12-15)20-13-21(32)30-24(33-20)31(22-26-16-5-1-2-6-17(16)27-22)23-28-18-7-3-4-8-19(18)29-23/h1-13H,(H,26,27)(H,28,29). The summed E-state index contributed by atoms with van der Waals surface area (Å²) in [5, 5.41) is 0. The minimum absolute atomic E-state index is 0.0403. The Hall–Kier alpha value is -4.24. The van der Waals surface area contributed by atoms with Crippen molar-refractivity contribution < 1.29 is 4.42 Å². The number of aromatic amines is 2. The molecule has 2 N–H and O–H groups in total. The number of rotatable bonds is 4. The molecule has 3 aromatic carbocycles. The predicted molar refractivity (Wildman–Crippen MR) is 130 cm³/mol. The molecule has 0 saturated carbocycles. The van der Waals surface area contributed by atoms with Crippen LogP contribution in [0.3, 0.4) is 0 Å². The largest absolute Gasteiger partial charge is 0.424 e. The molecule has 0 aliphatic carbocycles. The van der Waals surface area contributed by atoms with Gasteiger partial charge in [0.05, 0.1) is 22.1 Å². The second kappa shape index (κ2) is 7.72. The van der Waals surface area contributed by atoms with Crippen LogP contribution < -0.4 is 10.5 Å². The van der Waals surface area contributed by atoms with E-state index < -0.39 is 5.56 Å². The molecule has 8 nitrogen and oxygen atoms in total. The van der Waals surface area contributed by atoms with Gasteiger partial charge in [-0.15, -0.1) is 0 Å². The number of anilines is 3. The van der Waals surface area contributed by atoms with E-state index in [0.717, 1.165) is 32.1 Å². The van der Waals surface area contributed by atoms with Crippen LogP contribution in [0.2, 0.25) is 0 Å². The van der Waals surface area contributed by atoms with Crippen LogP contribution in [-0.4, -0.2) is 24.9 Å². The number of nitrogens with zero attached hydrogens (tertiary/aromatic N) is 4. The number of para-hydroxylation sites is 4. The molecule has 9 heteroatoms. The van der Waals surface area contributed by atoms with E-state index in [1.165, 1.54) is 6.07 Å². The monoisotopic (exact) mass is 498 g/mol. The minimum Gasteiger partial charge on any atom is -0.424 e. The topological polar surface area (TPSA) is 104 Å². The molecule has 6 aromatic rings. The molecule has 160 valence electrons. The quantitative estimate of drug-likeness (QED) is 0.323. The van der Waals surface area contributed by atoms with Crippen LogP contribution >= 0.6 is 15.9 Å². The summed E-state index contributed by atoms with van der Waals surface area (Å²) in [7, 11) is 0. The van der Waals surface area contributed by atoms with Crippen molar-refractivity contribution in [3.05, 3.63) is 93.7 Å². The average molecular weight is 499 g/mol. The summed E-state index contributed by atoms with van der Waals surface area (Å²) < 4.78 is 7.05. The van der Waals surface area contributed by atoms with Crippen LogP contribution in [-0.2, 0) is 0 Å². The number of nitrogens with one attached hydrogen (secondary N) is 2. The fourth-order valence-electron chi connectivity index (χ4n) is 3.61. The molecule has 6 rings (SSSR count). The van der Waals surface area contributed by atoms with E-state index in [2.05, 4.69) is 40.8 Å². The van der Waals surface area contributed by atoms with Crippen molar-refractivity contribution in [2.24, 2.45) is 0 Å². The Balaban J connectivity index is 1.57. The second-order valence-corrected chi connectivity index (χ2v) is 8.26. The Morgan fingerprint density at radius 1 is 0.758 bits per heavy atom. The lowest BCUT2D eigenvalue weighted by molar-refractivity contribution is 0.545. The Bertz CT molecular complexity index is 1530. The van der Waals surface area contributed by atoms with Gasteiger partial charge >= 0.3 is 6.01 Å². The molecule has 0 radical (unpaired) electrons. The fraction of sp³-hybridized carbons (Fsp3) is 0. The number of halogens is 1. The summed E-state index contributed by atoms with van der Waals surface area (Å²) in [6, 6.07) is 24.2. The summed E-state index contributed by atoms with van der Waals surface area (Å²) in [4.78, 5) is 34.2. The number of benzene rings is 3. The smallest absolute Gasteiger partial charge is 0.315 e. The molecular weight excluding hydrogens is 484 g/mol. The maximum absolute atomic E-state index is 12.6. The zero-order chi connectivity index (χ0) is 22.4. The highest BCUT2D eigenvalue weighted by molar-refractivity contribution is 9.10. The molecule has 33 heavy (non-hydrogen) atoms. The highest BCUT2D eigenvalue weighted by Crippen LogP contribution is 2.33. The lowest BCUT2D eigenvalue weighted by Crippen LogP contribution is -2.18. The van der Waals surface area contributed by atoms with Crippen molar-refractivity contribution in [2.75, 3.05) is 4.90 Å². The molecule has 3 heterocycles. The summed E-state index contributed by atoms with van der Waals surface area (Å²) in [6.45, 7) is 0. The predicted octanol–water partition coefficient (Wildman–Crippen LogP) is 5.69. The fourth-order valence-corrected chi connectivity index (χ4v) is 3.88. The first-order valence-electron chi connectivity index (χ1n) is 10.1. The normalized spacial score (nSPS) is 11.3. The number of fused-ring (bicyclic) bond motifs is 2. The Morgan fingerprint density at radius 3 is 1.91 bits per heavy atom. The zero-order valence-electron chi connectivity index (χ0n) is 17.0. The number of H-pyrrole nitrogens is 2. The summed E-state index contributed by atoms with van der Waals surface area (Å²) in [5.41, 5.74) is 3.50. The van der Waals surface area contributed by atoms with Gasteiger partial charge in [-0.25, -0.2) is 14.9 Å². The molecule has 0 atom stereocenters. The number of imidazole rings is 2. The SMILES string of the molecule is O=c1cc(-c2ccc(Br)cc2)oc(N(c2nc3ccccc3[nH]2)c2nc3ccccc3[nH]2)n1. The van der Waals surface area contributed by atoms with Gasteiger partial charge in [0, 0.05) is 16.1 Å². The van der Waals surface area contributed by atoms with Crippen molar-refractivity contribution in [3.63, 3.8) is 0 Å². The van der Waals surface area contributed by atoms with Crippen LogP contribution in [0.5, 0.6) is 0 Å². The Labute approximate surface area is 195 Å². The van der Waals surface area contributed by atoms with E-state index >= 15 is 0 Å². The van der Waals surface area contributed by atoms with Crippen molar-refractivity contribution >= 4 is 55.9 Å². The van der Waals surface area contributed by atoms with Gasteiger partial charge in [0.1, 0.15) is 5.76 Å². The summed E-state index contributed by atoms with van der Waals surface area (Å²) in [5.74, 6) is 1.22. The third kappa shape index (κ3) is 3.58. The summed E-state index contributed by atoms with van der Waals surface area (Å²) in [6.07, 6.45) is 0. The molecule has 0 fully saturated rings. The van der Waals surface area contributed by atoms with Crippen molar-refractivity contribution in [1.82, 2.24) is 24.9 Å². The van der Waals surface area contributed by atoms with Crippen LogP contribution in [0.15, 0.2) is 92.5 Å². The molecule has 0 saturated heterocycles. The number of aromatic nitrogens is 5. The van der Waals surface area contributed by atoms with E-state index in [4.69, 9.17) is 4.42 Å². The van der Waals surface area contributed by atoms with Crippen molar-refractivity contribution in [3.8, 4) is 11.3 Å². The molecule has 0 unspecified atom stereocenters. The lowest BCUT2D eigenvalue weighted by atomic mass is 10.2. The molecule has 0 spiro atoms.